The van der Waals surface area contributed by atoms with E-state index >= 15 is 4.39 Å². The van der Waals surface area contributed by atoms with Crippen molar-refractivity contribution in [2.45, 2.75) is 44.8 Å². The summed E-state index contributed by atoms with van der Waals surface area (Å²) in [4.78, 5) is 52.5. The van der Waals surface area contributed by atoms with Gasteiger partial charge in [-0.05, 0) is 49.6 Å². The van der Waals surface area contributed by atoms with Gasteiger partial charge in [-0.15, -0.1) is 0 Å². The smallest absolute Gasteiger partial charge is 0.255 e. The Balaban J connectivity index is 1.25. The molecule has 2 saturated heterocycles. The molecule has 3 aliphatic heterocycles. The number of carbonyl (C=O) groups is 4. The summed E-state index contributed by atoms with van der Waals surface area (Å²) in [5, 5.41) is 4.97. The molecule has 0 spiro atoms. The van der Waals surface area contributed by atoms with Gasteiger partial charge in [0.25, 0.3) is 11.8 Å². The van der Waals surface area contributed by atoms with Crippen molar-refractivity contribution in [3.8, 4) is 0 Å². The molecule has 4 amide bonds. The van der Waals surface area contributed by atoms with E-state index in [1.54, 1.807) is 12.1 Å². The van der Waals surface area contributed by atoms with E-state index in [1.165, 1.54) is 29.9 Å². The lowest BCUT2D eigenvalue weighted by atomic mass is 10.0. The van der Waals surface area contributed by atoms with Crippen LogP contribution in [0.5, 0.6) is 0 Å². The third kappa shape index (κ3) is 4.02. The molecule has 0 bridgehead atoms. The van der Waals surface area contributed by atoms with Gasteiger partial charge in [0.05, 0.1) is 6.54 Å². The Morgan fingerprint density at radius 2 is 1.79 bits per heavy atom. The minimum atomic E-state index is -0.802. The van der Waals surface area contributed by atoms with Gasteiger partial charge in [0, 0.05) is 54.0 Å². The maximum Gasteiger partial charge on any atom is 0.255 e. The first kappa shape index (κ1) is 22.1. The molecule has 0 aromatic heterocycles. The van der Waals surface area contributed by atoms with Gasteiger partial charge in [-0.25, -0.2) is 4.39 Å². The third-order valence-corrected chi connectivity index (χ3v) is 6.77. The zero-order valence-electron chi connectivity index (χ0n) is 18.6. The average Bonchev–Trinajstić information content (AvgIpc) is 3.48. The first-order chi connectivity index (χ1) is 16.4. The summed E-state index contributed by atoms with van der Waals surface area (Å²) in [7, 11) is 0. The molecule has 3 heterocycles. The lowest BCUT2D eigenvalue weighted by molar-refractivity contribution is -0.136. The Labute approximate surface area is 196 Å². The Hall–Kier alpha value is -3.75. The summed E-state index contributed by atoms with van der Waals surface area (Å²) in [5.74, 6) is -2.22. The van der Waals surface area contributed by atoms with Gasteiger partial charge in [-0.3, -0.25) is 24.5 Å². The number of hydrogen-bond donors (Lipinski definition) is 2. The topological polar surface area (TPSA) is 98.8 Å². The number of benzene rings is 2. The predicted molar refractivity (Wildman–Crippen MR) is 122 cm³/mol. The molecule has 176 valence electrons. The molecule has 34 heavy (non-hydrogen) atoms. The van der Waals surface area contributed by atoms with E-state index in [9.17, 15) is 19.2 Å². The van der Waals surface area contributed by atoms with Crippen LogP contribution in [0.2, 0.25) is 0 Å². The zero-order chi connectivity index (χ0) is 23.8. The molecule has 0 radical (unpaired) electrons. The molecule has 0 aliphatic carbocycles. The van der Waals surface area contributed by atoms with E-state index < -0.39 is 23.7 Å². The molecular weight excluding hydrogens is 439 g/mol. The maximum absolute atomic E-state index is 15.2. The molecule has 3 aliphatic rings. The van der Waals surface area contributed by atoms with Crippen molar-refractivity contribution in [1.82, 2.24) is 15.5 Å². The number of carbonyl (C=O) groups excluding carboxylic acids is 4. The monoisotopic (exact) mass is 464 g/mol. The third-order valence-electron chi connectivity index (χ3n) is 6.77. The first-order valence-electron chi connectivity index (χ1n) is 11.5. The van der Waals surface area contributed by atoms with E-state index in [-0.39, 0.29) is 54.4 Å². The average molecular weight is 464 g/mol. The Morgan fingerprint density at radius 1 is 1.06 bits per heavy atom. The summed E-state index contributed by atoms with van der Waals surface area (Å²) in [6.07, 6.45) is 2.69. The molecule has 1 unspecified atom stereocenters. The fraction of sp³-hybridized carbons (Fsp3) is 0.360. The van der Waals surface area contributed by atoms with Crippen LogP contribution in [0.25, 0.3) is 0 Å². The standard InChI is InChI=1S/C25H25FN4O4/c26-22-16(13-27-23(32)15-3-6-17(7-4-15)29-11-1-2-12-29)5-8-18-19(22)14-30(25(18)34)20-9-10-21(31)28-24(20)33/h3-8,20H,1-2,9-14H2,(H,27,32)(H,28,31,33). The van der Waals surface area contributed by atoms with E-state index in [4.69, 9.17) is 0 Å². The van der Waals surface area contributed by atoms with Crippen molar-refractivity contribution in [3.63, 3.8) is 0 Å². The molecule has 0 saturated carbocycles. The minimum absolute atomic E-state index is 0.0293. The molecule has 1 atom stereocenters. The SMILES string of the molecule is O=C1CCC(N2Cc3c(ccc(CNC(=O)c4ccc(N5CCCC5)cc4)c3F)C2=O)C(=O)N1. The quantitative estimate of drug-likeness (QED) is 0.661. The largest absolute Gasteiger partial charge is 0.372 e. The molecule has 2 aromatic rings. The number of anilines is 1. The van der Waals surface area contributed by atoms with E-state index in [0.717, 1.165) is 18.8 Å². The van der Waals surface area contributed by atoms with Crippen LogP contribution in [0.4, 0.5) is 10.1 Å². The molecule has 9 heteroatoms. The summed E-state index contributed by atoms with van der Waals surface area (Å²) in [5.41, 5.74) is 2.25. The van der Waals surface area contributed by atoms with E-state index in [2.05, 4.69) is 15.5 Å². The fourth-order valence-electron chi connectivity index (χ4n) is 4.87. The number of halogens is 1. The highest BCUT2D eigenvalue weighted by Crippen LogP contribution is 2.30. The Morgan fingerprint density at radius 3 is 2.50 bits per heavy atom. The molecule has 2 N–H and O–H groups in total. The number of nitrogens with one attached hydrogen (secondary N) is 2. The minimum Gasteiger partial charge on any atom is -0.372 e. The van der Waals surface area contributed by atoms with Crippen LogP contribution in [0.15, 0.2) is 36.4 Å². The first-order valence-corrected chi connectivity index (χ1v) is 11.5. The van der Waals surface area contributed by atoms with Crippen LogP contribution in [0.1, 0.15) is 57.5 Å². The van der Waals surface area contributed by atoms with Crippen molar-refractivity contribution in [2.75, 3.05) is 18.0 Å². The van der Waals surface area contributed by atoms with Crippen molar-refractivity contribution < 1.29 is 23.6 Å². The van der Waals surface area contributed by atoms with E-state index in [1.807, 2.05) is 12.1 Å². The second-order valence-corrected chi connectivity index (χ2v) is 8.89. The molecule has 8 nitrogen and oxygen atoms in total. The number of hydrogen-bond acceptors (Lipinski definition) is 5. The van der Waals surface area contributed by atoms with Crippen molar-refractivity contribution in [3.05, 3.63) is 64.5 Å². The number of amides is 4. The van der Waals surface area contributed by atoms with Crippen LogP contribution in [-0.4, -0.2) is 47.7 Å². The second-order valence-electron chi connectivity index (χ2n) is 8.89. The molecular formula is C25H25FN4O4. The lowest BCUT2D eigenvalue weighted by Gasteiger charge is -2.29. The summed E-state index contributed by atoms with van der Waals surface area (Å²) in [6, 6.07) is 9.58. The van der Waals surface area contributed by atoms with Gasteiger partial charge in [-0.2, -0.15) is 0 Å². The molecule has 2 fully saturated rings. The van der Waals surface area contributed by atoms with Gasteiger partial charge >= 0.3 is 0 Å². The van der Waals surface area contributed by atoms with Crippen LogP contribution < -0.4 is 15.5 Å². The number of fused-ring (bicyclic) bond motifs is 1. The molecule has 5 rings (SSSR count). The van der Waals surface area contributed by atoms with Crippen molar-refractivity contribution >= 4 is 29.3 Å². The van der Waals surface area contributed by atoms with Crippen LogP contribution >= 0.6 is 0 Å². The number of rotatable bonds is 5. The van der Waals surface area contributed by atoms with Gasteiger partial charge in [0.15, 0.2) is 0 Å². The summed E-state index contributed by atoms with van der Waals surface area (Å²) < 4.78 is 15.2. The van der Waals surface area contributed by atoms with E-state index in [0.29, 0.717) is 5.56 Å². The summed E-state index contributed by atoms with van der Waals surface area (Å²) >= 11 is 0. The van der Waals surface area contributed by atoms with Gasteiger partial charge < -0.3 is 15.1 Å². The van der Waals surface area contributed by atoms with Crippen molar-refractivity contribution in [2.24, 2.45) is 0 Å². The highest BCUT2D eigenvalue weighted by Gasteiger charge is 2.40. The van der Waals surface area contributed by atoms with Crippen LogP contribution in [0, 0.1) is 5.82 Å². The van der Waals surface area contributed by atoms with Gasteiger partial charge in [0.1, 0.15) is 11.9 Å². The zero-order valence-corrected chi connectivity index (χ0v) is 18.6. The Kier molecular flexibility index (Phi) is 5.77. The van der Waals surface area contributed by atoms with Crippen LogP contribution in [-0.2, 0) is 22.7 Å². The van der Waals surface area contributed by atoms with Crippen molar-refractivity contribution in [1.29, 1.82) is 0 Å². The predicted octanol–water partition coefficient (Wildman–Crippen LogP) is 2.12. The number of piperidine rings is 1. The highest BCUT2D eigenvalue weighted by molar-refractivity contribution is 6.05. The summed E-state index contributed by atoms with van der Waals surface area (Å²) in [6.45, 7) is 1.96. The highest BCUT2D eigenvalue weighted by atomic mass is 19.1. The van der Waals surface area contributed by atoms with Gasteiger partial charge in [-0.1, -0.05) is 6.07 Å². The lowest BCUT2D eigenvalue weighted by Crippen LogP contribution is -2.52. The second kappa shape index (κ2) is 8.89. The fourth-order valence-corrected chi connectivity index (χ4v) is 4.87. The van der Waals surface area contributed by atoms with Gasteiger partial charge in [0.2, 0.25) is 11.8 Å². The van der Waals surface area contributed by atoms with Crippen LogP contribution in [0.3, 0.4) is 0 Å². The number of imide groups is 1. The normalized spacial score (nSPS) is 19.9. The maximum atomic E-state index is 15.2. The number of nitrogens with zero attached hydrogens (tertiary/aromatic N) is 2. The Bertz CT molecular complexity index is 1170. The molecule has 2 aromatic carbocycles.